The molecule has 0 fully saturated rings. The fourth-order valence-electron chi connectivity index (χ4n) is 1.14. The van der Waals surface area contributed by atoms with E-state index in [2.05, 4.69) is 22.6 Å². The molecule has 0 aliphatic carbocycles. The molecule has 0 saturated heterocycles. The molecule has 0 aliphatic heterocycles. The van der Waals surface area contributed by atoms with Crippen LogP contribution < -0.4 is 39.4 Å². The monoisotopic (exact) mass is 356 g/mol. The first-order valence-electron chi connectivity index (χ1n) is 4.63. The molecule has 0 spiro atoms. The van der Waals surface area contributed by atoms with Crippen molar-refractivity contribution in [1.82, 2.24) is 0 Å². The normalized spacial score (nSPS) is 9.29. The molecule has 86 valence electrons. The zero-order chi connectivity index (χ0) is 12.1. The minimum atomic E-state index is -1.27. The van der Waals surface area contributed by atoms with Gasteiger partial charge in [0, 0.05) is 9.99 Å². The van der Waals surface area contributed by atoms with E-state index in [1.165, 1.54) is 6.07 Å². The first kappa shape index (κ1) is 16.9. The average molecular weight is 356 g/mol. The van der Waals surface area contributed by atoms with E-state index in [0.717, 1.165) is 0 Å². The molecule has 6 heteroatoms. The zero-order valence-corrected chi connectivity index (χ0v) is 13.8. The summed E-state index contributed by atoms with van der Waals surface area (Å²) in [7, 11) is 0. The van der Waals surface area contributed by atoms with Crippen LogP contribution in [0.25, 0.3) is 0 Å². The Kier molecular flexibility index (Phi) is 8.02. The van der Waals surface area contributed by atoms with Crippen LogP contribution in [0.5, 0.6) is 5.75 Å². The molecule has 0 N–H and O–H groups in total. The van der Waals surface area contributed by atoms with Gasteiger partial charge in [0.1, 0.15) is 5.75 Å². The van der Waals surface area contributed by atoms with Gasteiger partial charge >= 0.3 is 35.5 Å². The number of aryl methyl sites for hydroxylation is 1. The number of carboxylic acid groups (broad SMARTS) is 1. The molecule has 1 aromatic carbocycles. The number of halogens is 1. The summed E-state index contributed by atoms with van der Waals surface area (Å²) >= 11 is 2.06. The van der Waals surface area contributed by atoms with Crippen LogP contribution in [-0.2, 0) is 4.79 Å². The number of carbonyl (C=O) groups excluding carboxylic acids is 2. The van der Waals surface area contributed by atoms with Gasteiger partial charge < -0.3 is 14.6 Å². The van der Waals surface area contributed by atoms with Crippen molar-refractivity contribution in [3.63, 3.8) is 0 Å². The maximum Gasteiger partial charge on any atom is 1.00 e. The van der Waals surface area contributed by atoms with Gasteiger partial charge in [0.2, 0.25) is 0 Å². The number of aromatic carboxylic acids is 1. The summed E-state index contributed by atoms with van der Waals surface area (Å²) < 4.78 is 5.63. The van der Waals surface area contributed by atoms with Gasteiger partial charge in [0.15, 0.2) is 0 Å². The van der Waals surface area contributed by atoms with Crippen molar-refractivity contribution < 1.29 is 49.0 Å². The summed E-state index contributed by atoms with van der Waals surface area (Å²) in [4.78, 5) is 21.9. The Balaban J connectivity index is 0.00000256. The quantitative estimate of drug-likeness (QED) is 0.208. The van der Waals surface area contributed by atoms with Gasteiger partial charge in [0.05, 0.1) is 12.4 Å². The van der Waals surface area contributed by atoms with Crippen molar-refractivity contribution in [3.8, 4) is 5.75 Å². The number of hydrogen-bond acceptors (Lipinski definition) is 4. The van der Waals surface area contributed by atoms with Gasteiger partial charge in [-0.1, -0.05) is 28.7 Å². The molecule has 0 heterocycles. The van der Waals surface area contributed by atoms with Crippen LogP contribution in [0.1, 0.15) is 22.3 Å². The standard InChI is InChI=1S/C11H11IO4.Na/c1-7-2-3-8(6-9(7)11(14)15)16-10(13)4-5-12;/h2-3,6H,4-5H2,1H3,(H,14,15);/q;+1/p-1. The van der Waals surface area contributed by atoms with E-state index in [1.807, 2.05) is 0 Å². The van der Waals surface area contributed by atoms with Gasteiger partial charge in [-0.3, -0.25) is 4.79 Å². The fourth-order valence-corrected chi connectivity index (χ4v) is 1.58. The smallest absolute Gasteiger partial charge is 0.545 e. The number of alkyl halides is 1. The second-order valence-corrected chi connectivity index (χ2v) is 4.26. The minimum Gasteiger partial charge on any atom is -0.545 e. The number of benzene rings is 1. The van der Waals surface area contributed by atoms with Gasteiger partial charge in [-0.15, -0.1) is 0 Å². The van der Waals surface area contributed by atoms with Crippen molar-refractivity contribution in [2.24, 2.45) is 0 Å². The molecule has 0 radical (unpaired) electrons. The third-order valence-corrected chi connectivity index (χ3v) is 2.50. The van der Waals surface area contributed by atoms with Crippen LogP contribution in [0, 0.1) is 6.92 Å². The molecule has 4 nitrogen and oxygen atoms in total. The van der Waals surface area contributed by atoms with E-state index in [-0.39, 0.29) is 46.8 Å². The second-order valence-electron chi connectivity index (χ2n) is 3.18. The molecule has 0 amide bonds. The second kappa shape index (κ2) is 8.07. The number of esters is 1. The van der Waals surface area contributed by atoms with Gasteiger partial charge in [-0.2, -0.15) is 0 Å². The molecule has 0 saturated carbocycles. The summed E-state index contributed by atoms with van der Waals surface area (Å²) in [5.74, 6) is -1.41. The number of carboxylic acids is 1. The van der Waals surface area contributed by atoms with Crippen molar-refractivity contribution >= 4 is 34.5 Å². The summed E-state index contributed by atoms with van der Waals surface area (Å²) in [6.07, 6.45) is 0.301. The molecule has 0 aliphatic rings. The first-order chi connectivity index (χ1) is 7.54. The van der Waals surface area contributed by atoms with Gasteiger partial charge in [0.25, 0.3) is 0 Å². The van der Waals surface area contributed by atoms with Crippen LogP contribution in [-0.4, -0.2) is 16.4 Å². The Bertz CT molecular complexity index is 420. The summed E-state index contributed by atoms with van der Waals surface area (Å²) in [6, 6.07) is 4.44. The Morgan fingerprint density at radius 3 is 2.59 bits per heavy atom. The molecule has 1 rings (SSSR count). The molecule has 0 aromatic heterocycles. The zero-order valence-electron chi connectivity index (χ0n) is 9.66. The number of hydrogen-bond donors (Lipinski definition) is 0. The predicted molar refractivity (Wildman–Crippen MR) is 64.6 cm³/mol. The van der Waals surface area contributed by atoms with Crippen LogP contribution in [0.4, 0.5) is 0 Å². The van der Waals surface area contributed by atoms with Crippen molar-refractivity contribution in [2.75, 3.05) is 4.43 Å². The maximum atomic E-state index is 11.2. The Morgan fingerprint density at radius 2 is 2.06 bits per heavy atom. The van der Waals surface area contributed by atoms with E-state index >= 15 is 0 Å². The third-order valence-electron chi connectivity index (χ3n) is 1.96. The van der Waals surface area contributed by atoms with E-state index in [1.54, 1.807) is 19.1 Å². The van der Waals surface area contributed by atoms with Crippen molar-refractivity contribution in [3.05, 3.63) is 29.3 Å². The minimum absolute atomic E-state index is 0. The molecular weight excluding hydrogens is 346 g/mol. The van der Waals surface area contributed by atoms with E-state index in [9.17, 15) is 14.7 Å². The van der Waals surface area contributed by atoms with E-state index < -0.39 is 5.97 Å². The molecule has 0 bridgehead atoms. The average Bonchev–Trinajstić information content (AvgIpc) is 2.21. The van der Waals surface area contributed by atoms with Crippen LogP contribution >= 0.6 is 22.6 Å². The molecular formula is C11H10INaO4. The first-order valence-corrected chi connectivity index (χ1v) is 6.16. The topological polar surface area (TPSA) is 66.4 Å². The third kappa shape index (κ3) is 5.37. The van der Waals surface area contributed by atoms with E-state index in [4.69, 9.17) is 4.74 Å². The van der Waals surface area contributed by atoms with Crippen molar-refractivity contribution in [2.45, 2.75) is 13.3 Å². The SMILES string of the molecule is Cc1ccc(OC(=O)CCI)cc1C(=O)[O-].[Na+]. The number of rotatable bonds is 4. The van der Waals surface area contributed by atoms with Crippen LogP contribution in [0.2, 0.25) is 0 Å². The Morgan fingerprint density at radius 1 is 1.41 bits per heavy atom. The summed E-state index contributed by atoms with van der Waals surface area (Å²) in [5.41, 5.74) is 0.619. The van der Waals surface area contributed by atoms with E-state index in [0.29, 0.717) is 16.4 Å². The summed E-state index contributed by atoms with van der Waals surface area (Å²) in [5, 5.41) is 10.7. The van der Waals surface area contributed by atoms with Crippen LogP contribution in [0.15, 0.2) is 18.2 Å². The van der Waals surface area contributed by atoms with Crippen LogP contribution in [0.3, 0.4) is 0 Å². The predicted octanol–water partition coefficient (Wildman–Crippen LogP) is -1.91. The van der Waals surface area contributed by atoms with Gasteiger partial charge in [-0.05, 0) is 24.6 Å². The Hall–Kier alpha value is -0.110. The van der Waals surface area contributed by atoms with Gasteiger partial charge in [-0.25, -0.2) is 0 Å². The Labute approximate surface area is 135 Å². The number of carbonyl (C=O) groups is 2. The maximum absolute atomic E-state index is 11.2. The molecule has 0 unspecified atom stereocenters. The molecule has 1 aromatic rings. The number of ether oxygens (including phenoxy) is 1. The fraction of sp³-hybridized carbons (Fsp3) is 0.273. The molecule has 17 heavy (non-hydrogen) atoms. The molecule has 0 atom stereocenters. The summed E-state index contributed by atoms with van der Waals surface area (Å²) in [6.45, 7) is 1.65. The largest absolute Gasteiger partial charge is 1.00 e. The van der Waals surface area contributed by atoms with Crippen molar-refractivity contribution in [1.29, 1.82) is 0 Å².